The van der Waals surface area contributed by atoms with Crippen LogP contribution < -0.4 is 11.1 Å². The Kier molecular flexibility index (Phi) is 6.90. The van der Waals surface area contributed by atoms with Gasteiger partial charge in [-0.2, -0.15) is 0 Å². The third-order valence-corrected chi connectivity index (χ3v) is 3.44. The molecule has 3 nitrogen and oxygen atoms in total. The molecule has 1 unspecified atom stereocenters. The molecule has 1 atom stereocenters. The van der Waals surface area contributed by atoms with Gasteiger partial charge in [0, 0.05) is 13.0 Å². The standard InChI is InChI=1S/C18H30N2O/c1-14(12-18(2,3)4)11-17(21)20-13-16-7-5-15(6-8-16)9-10-19/h5-8,14H,9-13,19H2,1-4H3,(H,20,21). The normalized spacial score (nSPS) is 13.0. The fourth-order valence-electron chi connectivity index (χ4n) is 2.70. The Bertz CT molecular complexity index is 432. The molecule has 3 N–H and O–H groups in total. The maximum Gasteiger partial charge on any atom is 0.220 e. The number of amides is 1. The van der Waals surface area contributed by atoms with Crippen molar-refractivity contribution < 1.29 is 4.79 Å². The lowest BCUT2D eigenvalue weighted by Crippen LogP contribution is -2.25. The summed E-state index contributed by atoms with van der Waals surface area (Å²) in [6.45, 7) is 10.1. The van der Waals surface area contributed by atoms with Crippen molar-refractivity contribution in [2.45, 2.75) is 53.5 Å². The first-order chi connectivity index (χ1) is 9.80. The Labute approximate surface area is 129 Å². The number of hydrogen-bond acceptors (Lipinski definition) is 2. The van der Waals surface area contributed by atoms with Gasteiger partial charge in [-0.15, -0.1) is 0 Å². The molecular formula is C18H30N2O. The Morgan fingerprint density at radius 3 is 2.29 bits per heavy atom. The minimum Gasteiger partial charge on any atom is -0.352 e. The van der Waals surface area contributed by atoms with Crippen LogP contribution in [0.2, 0.25) is 0 Å². The molecule has 0 saturated heterocycles. The molecule has 0 aromatic heterocycles. The summed E-state index contributed by atoms with van der Waals surface area (Å²) in [5, 5.41) is 3.00. The van der Waals surface area contributed by atoms with E-state index in [0.717, 1.165) is 18.4 Å². The molecule has 0 radical (unpaired) electrons. The highest BCUT2D eigenvalue weighted by molar-refractivity contribution is 5.76. The molecule has 3 heteroatoms. The van der Waals surface area contributed by atoms with Gasteiger partial charge in [0.2, 0.25) is 5.91 Å². The number of nitrogens with two attached hydrogens (primary N) is 1. The third-order valence-electron chi connectivity index (χ3n) is 3.44. The van der Waals surface area contributed by atoms with E-state index in [4.69, 9.17) is 5.73 Å². The van der Waals surface area contributed by atoms with E-state index in [-0.39, 0.29) is 11.3 Å². The average Bonchev–Trinajstić information content (AvgIpc) is 2.36. The van der Waals surface area contributed by atoms with E-state index in [2.05, 4.69) is 57.3 Å². The van der Waals surface area contributed by atoms with Crippen molar-refractivity contribution in [3.8, 4) is 0 Å². The minimum absolute atomic E-state index is 0.137. The summed E-state index contributed by atoms with van der Waals surface area (Å²) in [7, 11) is 0. The van der Waals surface area contributed by atoms with Crippen LogP contribution in [0.3, 0.4) is 0 Å². The molecule has 1 aromatic rings. The van der Waals surface area contributed by atoms with E-state index < -0.39 is 0 Å². The monoisotopic (exact) mass is 290 g/mol. The van der Waals surface area contributed by atoms with Gasteiger partial charge in [0.25, 0.3) is 0 Å². The second kappa shape index (κ2) is 8.18. The van der Waals surface area contributed by atoms with E-state index in [0.29, 0.717) is 25.4 Å². The van der Waals surface area contributed by atoms with Gasteiger partial charge in [-0.05, 0) is 41.8 Å². The van der Waals surface area contributed by atoms with E-state index >= 15 is 0 Å². The smallest absolute Gasteiger partial charge is 0.220 e. The number of rotatable bonds is 7. The second-order valence-corrected chi connectivity index (χ2v) is 7.21. The maximum absolute atomic E-state index is 12.0. The first-order valence-electron chi connectivity index (χ1n) is 7.85. The zero-order valence-corrected chi connectivity index (χ0v) is 13.9. The number of carbonyl (C=O) groups excluding carboxylic acids is 1. The van der Waals surface area contributed by atoms with Crippen LogP contribution in [0.25, 0.3) is 0 Å². The Morgan fingerprint density at radius 2 is 1.76 bits per heavy atom. The largest absolute Gasteiger partial charge is 0.352 e. The van der Waals surface area contributed by atoms with Crippen molar-refractivity contribution in [2.75, 3.05) is 6.54 Å². The molecule has 0 aliphatic heterocycles. The highest BCUT2D eigenvalue weighted by Crippen LogP contribution is 2.25. The summed E-state index contributed by atoms with van der Waals surface area (Å²) in [5.41, 5.74) is 8.18. The SMILES string of the molecule is CC(CC(=O)NCc1ccc(CCN)cc1)CC(C)(C)C. The van der Waals surface area contributed by atoms with Gasteiger partial charge in [-0.1, -0.05) is 52.0 Å². The van der Waals surface area contributed by atoms with Gasteiger partial charge >= 0.3 is 0 Å². The predicted octanol–water partition coefficient (Wildman–Crippen LogP) is 3.27. The second-order valence-electron chi connectivity index (χ2n) is 7.21. The van der Waals surface area contributed by atoms with Crippen molar-refractivity contribution >= 4 is 5.91 Å². The van der Waals surface area contributed by atoms with Crippen LogP contribution in [-0.4, -0.2) is 12.5 Å². The van der Waals surface area contributed by atoms with E-state index in [1.54, 1.807) is 0 Å². The zero-order valence-electron chi connectivity index (χ0n) is 13.9. The highest BCUT2D eigenvalue weighted by atomic mass is 16.1. The highest BCUT2D eigenvalue weighted by Gasteiger charge is 2.17. The molecule has 0 spiro atoms. The summed E-state index contributed by atoms with van der Waals surface area (Å²) in [5.74, 6) is 0.551. The minimum atomic E-state index is 0.137. The van der Waals surface area contributed by atoms with Crippen molar-refractivity contribution in [1.82, 2.24) is 5.32 Å². The number of hydrogen-bond donors (Lipinski definition) is 2. The van der Waals surface area contributed by atoms with Crippen LogP contribution in [0.1, 0.15) is 51.7 Å². The molecule has 21 heavy (non-hydrogen) atoms. The quantitative estimate of drug-likeness (QED) is 0.810. The first kappa shape index (κ1) is 17.7. The zero-order chi connectivity index (χ0) is 15.9. The van der Waals surface area contributed by atoms with Gasteiger partial charge < -0.3 is 11.1 Å². The predicted molar refractivity (Wildman–Crippen MR) is 88.9 cm³/mol. The summed E-state index contributed by atoms with van der Waals surface area (Å²) < 4.78 is 0. The molecule has 1 aromatic carbocycles. The fraction of sp³-hybridized carbons (Fsp3) is 0.611. The lowest BCUT2D eigenvalue weighted by molar-refractivity contribution is -0.122. The molecule has 1 rings (SSSR count). The van der Waals surface area contributed by atoms with Crippen molar-refractivity contribution in [2.24, 2.45) is 17.1 Å². The van der Waals surface area contributed by atoms with Crippen molar-refractivity contribution in [1.29, 1.82) is 0 Å². The van der Waals surface area contributed by atoms with Crippen LogP contribution in [0.5, 0.6) is 0 Å². The Balaban J connectivity index is 2.35. The topological polar surface area (TPSA) is 55.1 Å². The van der Waals surface area contributed by atoms with Gasteiger partial charge in [-0.3, -0.25) is 4.79 Å². The molecule has 0 saturated carbocycles. The summed E-state index contributed by atoms with van der Waals surface area (Å²) in [6.07, 6.45) is 2.56. The number of carbonyl (C=O) groups is 1. The third kappa shape index (κ3) is 7.86. The van der Waals surface area contributed by atoms with Crippen LogP contribution in [-0.2, 0) is 17.8 Å². The van der Waals surface area contributed by atoms with Crippen LogP contribution in [0.15, 0.2) is 24.3 Å². The first-order valence-corrected chi connectivity index (χ1v) is 7.85. The number of benzene rings is 1. The molecule has 0 fully saturated rings. The summed E-state index contributed by atoms with van der Waals surface area (Å²) >= 11 is 0. The molecule has 0 aliphatic rings. The molecule has 0 aliphatic carbocycles. The van der Waals surface area contributed by atoms with Crippen molar-refractivity contribution in [3.05, 3.63) is 35.4 Å². The molecule has 1 amide bonds. The van der Waals surface area contributed by atoms with E-state index in [9.17, 15) is 4.79 Å². The van der Waals surface area contributed by atoms with Gasteiger partial charge in [0.05, 0.1) is 0 Å². The Hall–Kier alpha value is -1.35. The van der Waals surface area contributed by atoms with Gasteiger partial charge in [0.1, 0.15) is 0 Å². The van der Waals surface area contributed by atoms with Gasteiger partial charge in [0.15, 0.2) is 0 Å². The molecule has 0 heterocycles. The van der Waals surface area contributed by atoms with Crippen LogP contribution in [0, 0.1) is 11.3 Å². The lowest BCUT2D eigenvalue weighted by Gasteiger charge is -2.22. The van der Waals surface area contributed by atoms with Crippen LogP contribution in [0.4, 0.5) is 0 Å². The van der Waals surface area contributed by atoms with Gasteiger partial charge in [-0.25, -0.2) is 0 Å². The Morgan fingerprint density at radius 1 is 1.19 bits per heavy atom. The van der Waals surface area contributed by atoms with Crippen LogP contribution >= 0.6 is 0 Å². The molecule has 118 valence electrons. The van der Waals surface area contributed by atoms with E-state index in [1.165, 1.54) is 5.56 Å². The average molecular weight is 290 g/mol. The molecule has 0 bridgehead atoms. The summed E-state index contributed by atoms with van der Waals surface area (Å²) in [6, 6.07) is 8.28. The van der Waals surface area contributed by atoms with E-state index in [1.807, 2.05) is 0 Å². The summed E-state index contributed by atoms with van der Waals surface area (Å²) in [4.78, 5) is 12.0. The fourth-order valence-corrected chi connectivity index (χ4v) is 2.70. The maximum atomic E-state index is 12.0. The number of nitrogens with one attached hydrogen (secondary N) is 1. The lowest BCUT2D eigenvalue weighted by atomic mass is 9.84. The van der Waals surface area contributed by atoms with Crippen molar-refractivity contribution in [3.63, 3.8) is 0 Å². The molecular weight excluding hydrogens is 260 g/mol.